The minimum atomic E-state index is -4.75. The third-order valence-electron chi connectivity index (χ3n) is 4.24. The van der Waals surface area contributed by atoms with Gasteiger partial charge >= 0.3 is 6.18 Å². The van der Waals surface area contributed by atoms with Crippen LogP contribution in [0.2, 0.25) is 0 Å². The fourth-order valence-electron chi connectivity index (χ4n) is 2.72. The summed E-state index contributed by atoms with van der Waals surface area (Å²) in [5, 5.41) is 11.1. The van der Waals surface area contributed by atoms with E-state index in [9.17, 15) is 36.5 Å². The van der Waals surface area contributed by atoms with E-state index in [-0.39, 0.29) is 10.5 Å². The van der Waals surface area contributed by atoms with Crippen molar-refractivity contribution in [1.29, 1.82) is 0 Å². The summed E-state index contributed by atoms with van der Waals surface area (Å²) in [7, 11) is -3.88. The van der Waals surface area contributed by atoms with Gasteiger partial charge in [-0.3, -0.25) is 14.9 Å². The average molecular weight is 444 g/mol. The molecular weight excluding hydrogens is 425 g/mol. The summed E-state index contributed by atoms with van der Waals surface area (Å²) >= 11 is 0. The second-order valence-electron chi connectivity index (χ2n) is 6.63. The highest BCUT2D eigenvalue weighted by Gasteiger charge is 2.34. The summed E-state index contributed by atoms with van der Waals surface area (Å²) in [5.74, 6) is -1.75. The smallest absolute Gasteiger partial charge is 0.329 e. The highest BCUT2D eigenvalue weighted by Crippen LogP contribution is 2.24. The summed E-state index contributed by atoms with van der Waals surface area (Å²) < 4.78 is 63.6. The van der Waals surface area contributed by atoms with Crippen molar-refractivity contribution in [3.8, 4) is 0 Å². The Kier molecular flexibility index (Phi) is 7.19. The molecule has 7 nitrogen and oxygen atoms in total. The van der Waals surface area contributed by atoms with E-state index in [0.29, 0.717) is 4.90 Å². The fraction of sp³-hybridized carbons (Fsp3) is 0.316. The zero-order valence-electron chi connectivity index (χ0n) is 15.9. The van der Waals surface area contributed by atoms with Crippen molar-refractivity contribution in [2.24, 2.45) is 0 Å². The summed E-state index contributed by atoms with van der Waals surface area (Å²) in [5.41, 5.74) is 0.317. The van der Waals surface area contributed by atoms with Gasteiger partial charge in [0.15, 0.2) is 9.84 Å². The third-order valence-corrected chi connectivity index (χ3v) is 5.97. The molecular formula is C19H19F3N2O5S. The van der Waals surface area contributed by atoms with E-state index in [2.05, 4.69) is 0 Å². The molecule has 0 aliphatic carbocycles. The van der Waals surface area contributed by atoms with Crippen molar-refractivity contribution in [2.45, 2.75) is 31.0 Å². The molecule has 0 atom stereocenters. The van der Waals surface area contributed by atoms with Crippen molar-refractivity contribution in [2.75, 3.05) is 12.3 Å². The third kappa shape index (κ3) is 6.55. The maximum absolute atomic E-state index is 13.0. The van der Waals surface area contributed by atoms with Crippen LogP contribution in [0.25, 0.3) is 0 Å². The summed E-state index contributed by atoms with van der Waals surface area (Å²) in [6, 6.07) is 11.0. The molecule has 2 aromatic carbocycles. The molecule has 30 heavy (non-hydrogen) atoms. The normalized spacial score (nSPS) is 11.9. The van der Waals surface area contributed by atoms with Crippen LogP contribution in [0.3, 0.4) is 0 Å². The van der Waals surface area contributed by atoms with E-state index in [1.807, 2.05) is 0 Å². The molecule has 0 aliphatic heterocycles. The Morgan fingerprint density at radius 1 is 1.10 bits per heavy atom. The zero-order valence-corrected chi connectivity index (χ0v) is 16.7. The molecule has 0 saturated carbocycles. The lowest BCUT2D eigenvalue weighted by atomic mass is 10.1. The molecule has 2 rings (SSSR count). The number of halogens is 3. The quantitative estimate of drug-likeness (QED) is 0.457. The maximum Gasteiger partial charge on any atom is 0.406 e. The molecule has 0 unspecified atom stereocenters. The molecule has 2 aromatic rings. The van der Waals surface area contributed by atoms with Crippen LogP contribution in [-0.4, -0.2) is 42.6 Å². The van der Waals surface area contributed by atoms with Gasteiger partial charge in [-0.2, -0.15) is 13.2 Å². The second kappa shape index (κ2) is 9.24. The Hall–Kier alpha value is -2.95. The Labute approximate surface area is 171 Å². The molecule has 0 radical (unpaired) electrons. The second-order valence-corrected chi connectivity index (χ2v) is 8.74. The van der Waals surface area contributed by atoms with E-state index in [1.165, 1.54) is 30.3 Å². The van der Waals surface area contributed by atoms with Crippen molar-refractivity contribution >= 4 is 21.4 Å². The number of nitrogens with zero attached hydrogens (tertiary/aromatic N) is 2. The molecule has 0 aliphatic rings. The molecule has 0 aromatic heterocycles. The minimum absolute atomic E-state index is 0.0398. The number of rotatable bonds is 8. The van der Waals surface area contributed by atoms with Crippen LogP contribution in [0.4, 0.5) is 18.9 Å². The Morgan fingerprint density at radius 3 is 2.27 bits per heavy atom. The van der Waals surface area contributed by atoms with E-state index in [0.717, 1.165) is 11.6 Å². The fourth-order valence-corrected chi connectivity index (χ4v) is 3.95. The van der Waals surface area contributed by atoms with Crippen LogP contribution in [0.1, 0.15) is 17.5 Å². The van der Waals surface area contributed by atoms with Crippen LogP contribution >= 0.6 is 0 Å². The number of aryl methyl sites for hydroxylation is 1. The highest BCUT2D eigenvalue weighted by atomic mass is 32.2. The number of hydrogen-bond acceptors (Lipinski definition) is 5. The van der Waals surface area contributed by atoms with Gasteiger partial charge in [0.05, 0.1) is 22.1 Å². The number of benzene rings is 2. The predicted octanol–water partition coefficient (Wildman–Crippen LogP) is 3.66. The monoisotopic (exact) mass is 444 g/mol. The average Bonchev–Trinajstić information content (AvgIpc) is 2.65. The van der Waals surface area contributed by atoms with Crippen LogP contribution in [0, 0.1) is 17.0 Å². The molecule has 0 fully saturated rings. The van der Waals surface area contributed by atoms with Gasteiger partial charge in [-0.1, -0.05) is 35.9 Å². The number of hydrogen-bond donors (Lipinski definition) is 0. The van der Waals surface area contributed by atoms with Gasteiger partial charge in [0.25, 0.3) is 5.69 Å². The molecule has 162 valence electrons. The Bertz CT molecular complexity index is 1020. The van der Waals surface area contributed by atoms with E-state index in [1.54, 1.807) is 19.1 Å². The van der Waals surface area contributed by atoms with Gasteiger partial charge < -0.3 is 4.90 Å². The van der Waals surface area contributed by atoms with Crippen molar-refractivity contribution < 1.29 is 31.3 Å². The number of carbonyl (C=O) groups excluding carboxylic acids is 1. The van der Waals surface area contributed by atoms with Gasteiger partial charge in [0.2, 0.25) is 5.91 Å². The molecule has 11 heteroatoms. The first-order chi connectivity index (χ1) is 13.9. The van der Waals surface area contributed by atoms with Crippen molar-refractivity contribution in [3.63, 3.8) is 0 Å². The SMILES string of the molecule is Cc1ccc(S(=O)(=O)CCC(=O)N(Cc2ccccc2[N+](=O)[O-])CC(F)(F)F)cc1. The standard InChI is InChI=1S/C19H19F3N2O5S/c1-14-6-8-16(9-7-14)30(28,29)11-10-18(25)23(13-19(20,21)22)12-15-4-2-3-5-17(15)24(26)27/h2-9H,10-13H2,1H3. The number of carbonyl (C=O) groups is 1. The first-order valence-electron chi connectivity index (χ1n) is 8.75. The van der Waals surface area contributed by atoms with E-state index in [4.69, 9.17) is 0 Å². The molecule has 0 heterocycles. The first kappa shape index (κ1) is 23.3. The number of para-hydroxylation sites is 1. The number of nitro groups is 1. The number of alkyl halides is 3. The van der Waals surface area contributed by atoms with Crippen LogP contribution < -0.4 is 0 Å². The lowest BCUT2D eigenvalue weighted by Crippen LogP contribution is -2.39. The Balaban J connectivity index is 2.20. The summed E-state index contributed by atoms with van der Waals surface area (Å²) in [4.78, 5) is 23.1. The summed E-state index contributed by atoms with van der Waals surface area (Å²) in [6.07, 6.45) is -5.44. The van der Waals surface area contributed by atoms with Gasteiger partial charge in [-0.05, 0) is 19.1 Å². The predicted molar refractivity (Wildman–Crippen MR) is 102 cm³/mol. The van der Waals surface area contributed by atoms with E-state index < -0.39 is 57.8 Å². The highest BCUT2D eigenvalue weighted by molar-refractivity contribution is 7.91. The zero-order chi connectivity index (χ0) is 22.5. The van der Waals surface area contributed by atoms with Gasteiger partial charge in [-0.15, -0.1) is 0 Å². The van der Waals surface area contributed by atoms with Crippen molar-refractivity contribution in [1.82, 2.24) is 4.90 Å². The van der Waals surface area contributed by atoms with Crippen LogP contribution in [0.15, 0.2) is 53.4 Å². The number of sulfone groups is 1. The lowest BCUT2D eigenvalue weighted by molar-refractivity contribution is -0.385. The van der Waals surface area contributed by atoms with Gasteiger partial charge in [0, 0.05) is 18.1 Å². The van der Waals surface area contributed by atoms with Crippen molar-refractivity contribution in [3.05, 3.63) is 69.8 Å². The van der Waals surface area contributed by atoms with Gasteiger partial charge in [-0.25, -0.2) is 8.42 Å². The minimum Gasteiger partial charge on any atom is -0.329 e. The first-order valence-corrected chi connectivity index (χ1v) is 10.4. The largest absolute Gasteiger partial charge is 0.406 e. The number of amides is 1. The molecule has 0 bridgehead atoms. The lowest BCUT2D eigenvalue weighted by Gasteiger charge is -2.24. The van der Waals surface area contributed by atoms with Gasteiger partial charge in [0.1, 0.15) is 6.54 Å². The summed E-state index contributed by atoms with van der Waals surface area (Å²) in [6.45, 7) is -0.555. The van der Waals surface area contributed by atoms with E-state index >= 15 is 0 Å². The Morgan fingerprint density at radius 2 is 1.70 bits per heavy atom. The van der Waals surface area contributed by atoms with Crippen LogP contribution in [-0.2, 0) is 21.2 Å². The topological polar surface area (TPSA) is 97.6 Å². The maximum atomic E-state index is 13.0. The molecule has 0 N–H and O–H groups in total. The molecule has 0 spiro atoms. The molecule has 1 amide bonds. The number of nitro benzene ring substituents is 1. The van der Waals surface area contributed by atoms with Crippen LogP contribution in [0.5, 0.6) is 0 Å². The molecule has 0 saturated heterocycles.